The van der Waals surface area contributed by atoms with Gasteiger partial charge in [-0.25, -0.2) is 0 Å². The highest BCUT2D eigenvalue weighted by atomic mass is 16.5. The molecule has 0 radical (unpaired) electrons. The first kappa shape index (κ1) is 24.7. The van der Waals surface area contributed by atoms with Gasteiger partial charge in [0.1, 0.15) is 11.6 Å². The van der Waals surface area contributed by atoms with Gasteiger partial charge < -0.3 is 4.74 Å². The fraction of sp³-hybridized carbons (Fsp3) is 0.871. The summed E-state index contributed by atoms with van der Waals surface area (Å²) in [5.74, 6) is 1.69. The molecule has 0 N–H and O–H groups in total. The molecule has 0 aromatic heterocycles. The largest absolute Gasteiger partial charge is 0.369 e. The molecule has 4 saturated carbocycles. The van der Waals surface area contributed by atoms with Gasteiger partial charge in [-0.2, -0.15) is 0 Å². The molecule has 1 saturated heterocycles. The topological polar surface area (TPSA) is 43.4 Å². The van der Waals surface area contributed by atoms with E-state index in [0.29, 0.717) is 36.2 Å². The first-order valence-corrected chi connectivity index (χ1v) is 14.0. The zero-order valence-electron chi connectivity index (χ0n) is 23.1. The first-order chi connectivity index (χ1) is 15.5. The molecule has 3 unspecified atom stereocenters. The molecule has 1 heterocycles. The number of ketones is 2. The summed E-state index contributed by atoms with van der Waals surface area (Å²) in [6, 6.07) is 0. The molecule has 8 atom stereocenters. The molecule has 190 valence electrons. The SMILES string of the molecule is C=C1C[C@]2(C)C(CC(=O)C3[C@@H]([C@@]4(C)CCCC(C)(C)O4)CC[C@]32C)[C@@]2(C)CCC(=O)C(C)(C)C12. The number of carbonyl (C=O) groups is 2. The Labute approximate surface area is 207 Å². The van der Waals surface area contributed by atoms with E-state index in [9.17, 15) is 9.59 Å². The van der Waals surface area contributed by atoms with Crippen LogP contribution in [0.25, 0.3) is 0 Å². The molecular formula is C31H48O3. The van der Waals surface area contributed by atoms with Crippen LogP contribution in [0.15, 0.2) is 12.2 Å². The standard InChI is InChI=1S/C31H48O3/c1-19-18-30(8)22(28(6)15-12-23(33)27(4,5)25(19)28)17-21(32)24-20(11-16-29(24,30)7)31(9)14-10-13-26(2,3)34-31/h20,22,24-25H,1,10-18H2,2-9H3/t20-,22?,24?,25?,28+,29+,30+,31+/m0/s1. The minimum atomic E-state index is -0.389. The molecule has 3 nitrogen and oxygen atoms in total. The van der Waals surface area contributed by atoms with Crippen molar-refractivity contribution in [3.8, 4) is 0 Å². The van der Waals surface area contributed by atoms with Crippen molar-refractivity contribution in [3.63, 3.8) is 0 Å². The Hall–Kier alpha value is -0.960. The monoisotopic (exact) mass is 468 g/mol. The van der Waals surface area contributed by atoms with Gasteiger partial charge in [0, 0.05) is 24.2 Å². The molecule has 0 spiro atoms. The van der Waals surface area contributed by atoms with E-state index in [2.05, 4.69) is 62.0 Å². The lowest BCUT2D eigenvalue weighted by Gasteiger charge is -2.69. The Morgan fingerprint density at radius 3 is 2.21 bits per heavy atom. The van der Waals surface area contributed by atoms with Gasteiger partial charge in [0.25, 0.3) is 0 Å². The normalized spacial score (nSPS) is 52.1. The summed E-state index contributed by atoms with van der Waals surface area (Å²) >= 11 is 0. The first-order valence-electron chi connectivity index (χ1n) is 14.0. The zero-order valence-corrected chi connectivity index (χ0v) is 23.1. The highest BCUT2D eigenvalue weighted by Gasteiger charge is 2.72. The van der Waals surface area contributed by atoms with Gasteiger partial charge in [0.2, 0.25) is 0 Å². The molecule has 5 aliphatic rings. The maximum absolute atomic E-state index is 14.2. The number of ether oxygens (including phenoxy) is 1. The van der Waals surface area contributed by atoms with Gasteiger partial charge in [0.15, 0.2) is 0 Å². The summed E-state index contributed by atoms with van der Waals surface area (Å²) < 4.78 is 6.82. The quantitative estimate of drug-likeness (QED) is 0.379. The lowest BCUT2D eigenvalue weighted by atomic mass is 9.34. The van der Waals surface area contributed by atoms with Crippen LogP contribution in [-0.2, 0) is 14.3 Å². The highest BCUT2D eigenvalue weighted by Crippen LogP contribution is 2.76. The van der Waals surface area contributed by atoms with E-state index >= 15 is 0 Å². The second-order valence-electron chi connectivity index (χ2n) is 15.1. The van der Waals surface area contributed by atoms with E-state index < -0.39 is 0 Å². The van der Waals surface area contributed by atoms with E-state index in [-0.39, 0.29) is 44.7 Å². The lowest BCUT2D eigenvalue weighted by Crippen LogP contribution is -2.66. The average molecular weight is 469 g/mol. The fourth-order valence-electron chi connectivity index (χ4n) is 11.0. The number of hydrogen-bond donors (Lipinski definition) is 0. The van der Waals surface area contributed by atoms with E-state index in [1.165, 1.54) is 12.0 Å². The van der Waals surface area contributed by atoms with Gasteiger partial charge in [-0.1, -0.05) is 46.8 Å². The maximum atomic E-state index is 14.2. The Balaban J connectivity index is 1.56. The smallest absolute Gasteiger partial charge is 0.139 e. The van der Waals surface area contributed by atoms with Gasteiger partial charge in [-0.05, 0) is 99.7 Å². The van der Waals surface area contributed by atoms with Crippen molar-refractivity contribution in [2.75, 3.05) is 0 Å². The summed E-state index contributed by atoms with van der Waals surface area (Å²) in [4.78, 5) is 27.2. The molecule has 1 aliphatic heterocycles. The molecule has 5 rings (SSSR count). The average Bonchev–Trinajstić information content (AvgIpc) is 3.07. The van der Waals surface area contributed by atoms with E-state index in [1.807, 2.05) is 0 Å². The minimum absolute atomic E-state index is 0.0275. The van der Waals surface area contributed by atoms with Crippen molar-refractivity contribution < 1.29 is 14.3 Å². The third kappa shape index (κ3) is 2.97. The van der Waals surface area contributed by atoms with Crippen LogP contribution in [0.1, 0.15) is 113 Å². The third-order valence-corrected chi connectivity index (χ3v) is 12.4. The van der Waals surface area contributed by atoms with Crippen LogP contribution in [0, 0.1) is 45.3 Å². The van der Waals surface area contributed by atoms with Crippen molar-refractivity contribution >= 4 is 11.6 Å². The van der Waals surface area contributed by atoms with Gasteiger partial charge in [0.05, 0.1) is 11.2 Å². The number of carbonyl (C=O) groups excluding carboxylic acids is 2. The van der Waals surface area contributed by atoms with Crippen molar-refractivity contribution in [2.45, 2.75) is 124 Å². The van der Waals surface area contributed by atoms with Crippen LogP contribution in [0.4, 0.5) is 0 Å². The molecule has 0 amide bonds. The summed E-state index contributed by atoms with van der Waals surface area (Å²) in [6.07, 6.45) is 8.65. The zero-order chi connectivity index (χ0) is 25.1. The van der Waals surface area contributed by atoms with Crippen molar-refractivity contribution in [3.05, 3.63) is 12.2 Å². The van der Waals surface area contributed by atoms with Crippen LogP contribution in [-0.4, -0.2) is 22.8 Å². The lowest BCUT2D eigenvalue weighted by molar-refractivity contribution is -0.216. The summed E-state index contributed by atoms with van der Waals surface area (Å²) in [7, 11) is 0. The predicted molar refractivity (Wildman–Crippen MR) is 136 cm³/mol. The molecule has 4 aliphatic carbocycles. The second-order valence-corrected chi connectivity index (χ2v) is 15.1. The molecule has 3 heteroatoms. The molecule has 0 aromatic rings. The molecule has 5 fully saturated rings. The van der Waals surface area contributed by atoms with Crippen LogP contribution in [0.5, 0.6) is 0 Å². The van der Waals surface area contributed by atoms with E-state index in [4.69, 9.17) is 4.74 Å². The van der Waals surface area contributed by atoms with Crippen molar-refractivity contribution in [1.82, 2.24) is 0 Å². The van der Waals surface area contributed by atoms with Crippen LogP contribution < -0.4 is 0 Å². The number of hydrogen-bond acceptors (Lipinski definition) is 3. The predicted octanol–water partition coefficient (Wildman–Crippen LogP) is 7.32. The van der Waals surface area contributed by atoms with E-state index in [1.54, 1.807) is 0 Å². The fourth-order valence-corrected chi connectivity index (χ4v) is 11.0. The summed E-state index contributed by atoms with van der Waals surface area (Å²) in [6.45, 7) is 23.0. The third-order valence-electron chi connectivity index (χ3n) is 12.4. The number of rotatable bonds is 1. The Morgan fingerprint density at radius 2 is 1.56 bits per heavy atom. The molecular weight excluding hydrogens is 420 g/mol. The maximum Gasteiger partial charge on any atom is 0.139 e. The molecule has 34 heavy (non-hydrogen) atoms. The summed E-state index contributed by atoms with van der Waals surface area (Å²) in [5.41, 5.74) is 0.471. The Kier molecular flexibility index (Phi) is 5.15. The van der Waals surface area contributed by atoms with Crippen LogP contribution >= 0.6 is 0 Å². The number of allylic oxidation sites excluding steroid dienone is 1. The van der Waals surface area contributed by atoms with E-state index in [0.717, 1.165) is 38.5 Å². The van der Waals surface area contributed by atoms with Crippen LogP contribution in [0.2, 0.25) is 0 Å². The summed E-state index contributed by atoms with van der Waals surface area (Å²) in [5, 5.41) is 0. The van der Waals surface area contributed by atoms with Gasteiger partial charge in [-0.3, -0.25) is 9.59 Å². The van der Waals surface area contributed by atoms with Gasteiger partial charge >= 0.3 is 0 Å². The van der Waals surface area contributed by atoms with Crippen LogP contribution in [0.3, 0.4) is 0 Å². The Bertz CT molecular complexity index is 944. The molecule has 0 aromatic carbocycles. The van der Waals surface area contributed by atoms with Crippen molar-refractivity contribution in [1.29, 1.82) is 0 Å². The molecule has 0 bridgehead atoms. The van der Waals surface area contributed by atoms with Crippen molar-refractivity contribution in [2.24, 2.45) is 45.3 Å². The minimum Gasteiger partial charge on any atom is -0.369 e. The van der Waals surface area contributed by atoms with Gasteiger partial charge in [-0.15, -0.1) is 0 Å². The Morgan fingerprint density at radius 1 is 0.882 bits per heavy atom. The number of Topliss-reactive ketones (excluding diaryl/α,β-unsaturated/α-hetero) is 2. The number of fused-ring (bicyclic) bond motifs is 5. The highest BCUT2D eigenvalue weighted by molar-refractivity contribution is 5.87. The second kappa shape index (κ2) is 7.08.